The van der Waals surface area contributed by atoms with E-state index in [0.29, 0.717) is 43.1 Å². The van der Waals surface area contributed by atoms with Crippen LogP contribution in [-0.4, -0.2) is 53.6 Å². The van der Waals surface area contributed by atoms with E-state index in [1.807, 2.05) is 57.2 Å². The van der Waals surface area contributed by atoms with Crippen molar-refractivity contribution in [2.45, 2.75) is 32.3 Å². The first-order valence-electron chi connectivity index (χ1n) is 10.0. The molecule has 7 nitrogen and oxygen atoms in total. The van der Waals surface area contributed by atoms with Crippen molar-refractivity contribution in [3.8, 4) is 0 Å². The number of aryl methyl sites for hydroxylation is 3. The van der Waals surface area contributed by atoms with Crippen LogP contribution in [0.25, 0.3) is 10.8 Å². The van der Waals surface area contributed by atoms with E-state index >= 15 is 0 Å². The molecule has 2 aromatic carbocycles. The number of fused-ring (bicyclic) bond motifs is 1. The molecule has 0 N–H and O–H groups in total. The summed E-state index contributed by atoms with van der Waals surface area (Å²) in [6.07, 6.45) is 0. The van der Waals surface area contributed by atoms with Gasteiger partial charge in [-0.05, 0) is 38.5 Å². The first-order valence-corrected chi connectivity index (χ1v) is 11.5. The molecular formula is C22H26N4O3S. The Bertz CT molecular complexity index is 1260. The van der Waals surface area contributed by atoms with Crippen LogP contribution in [0.1, 0.15) is 16.8 Å². The van der Waals surface area contributed by atoms with Gasteiger partial charge in [-0.3, -0.25) is 9.69 Å². The molecule has 0 unspecified atom stereocenters. The second-order valence-corrected chi connectivity index (χ2v) is 9.77. The molecule has 8 heteroatoms. The fraction of sp³-hybridized carbons (Fsp3) is 0.364. The minimum absolute atomic E-state index is 0.124. The number of aromatic nitrogens is 2. The van der Waals surface area contributed by atoms with Crippen molar-refractivity contribution in [3.63, 3.8) is 0 Å². The third-order valence-electron chi connectivity index (χ3n) is 5.67. The summed E-state index contributed by atoms with van der Waals surface area (Å²) in [5.74, 6) is 0. The van der Waals surface area contributed by atoms with Gasteiger partial charge < -0.3 is 0 Å². The summed E-state index contributed by atoms with van der Waals surface area (Å²) in [7, 11) is -3.53. The summed E-state index contributed by atoms with van der Waals surface area (Å²) >= 11 is 0. The standard InChI is InChI=1S/C22H26N4O3S/c1-16-8-9-21(17(2)14-16)30(28,29)25-12-10-24(11-13-25)15-26-22(27)20-7-5-4-6-19(20)18(3)23-26/h4-9,14H,10-13,15H2,1-3H3. The van der Waals surface area contributed by atoms with Gasteiger partial charge in [-0.2, -0.15) is 9.40 Å². The van der Waals surface area contributed by atoms with E-state index in [0.717, 1.165) is 22.2 Å². The molecule has 0 saturated carbocycles. The van der Waals surface area contributed by atoms with Crippen molar-refractivity contribution in [3.05, 3.63) is 69.6 Å². The van der Waals surface area contributed by atoms with Gasteiger partial charge in [-0.25, -0.2) is 13.1 Å². The molecule has 0 atom stereocenters. The molecule has 158 valence electrons. The van der Waals surface area contributed by atoms with Gasteiger partial charge in [0.05, 0.1) is 22.6 Å². The van der Waals surface area contributed by atoms with Gasteiger partial charge in [0.1, 0.15) is 0 Å². The van der Waals surface area contributed by atoms with Crippen LogP contribution < -0.4 is 5.56 Å². The predicted octanol–water partition coefficient (Wildman–Crippen LogP) is 2.29. The lowest BCUT2D eigenvalue weighted by Crippen LogP contribution is -2.50. The first kappa shape index (κ1) is 20.7. The Morgan fingerprint density at radius 2 is 1.60 bits per heavy atom. The third kappa shape index (κ3) is 3.78. The topological polar surface area (TPSA) is 75.5 Å². The highest BCUT2D eigenvalue weighted by molar-refractivity contribution is 7.89. The summed E-state index contributed by atoms with van der Waals surface area (Å²) < 4.78 is 29.1. The molecule has 2 heterocycles. The Kier molecular flexibility index (Phi) is 5.48. The summed E-state index contributed by atoms with van der Waals surface area (Å²) in [4.78, 5) is 15.2. The fourth-order valence-electron chi connectivity index (χ4n) is 4.03. The highest BCUT2D eigenvalue weighted by Crippen LogP contribution is 2.22. The molecule has 1 aromatic heterocycles. The zero-order valence-electron chi connectivity index (χ0n) is 17.5. The molecule has 1 aliphatic heterocycles. The van der Waals surface area contributed by atoms with E-state index in [-0.39, 0.29) is 5.56 Å². The fourth-order valence-corrected chi connectivity index (χ4v) is 5.66. The van der Waals surface area contributed by atoms with Crippen molar-refractivity contribution < 1.29 is 8.42 Å². The van der Waals surface area contributed by atoms with Crippen molar-refractivity contribution >= 4 is 20.8 Å². The van der Waals surface area contributed by atoms with E-state index in [9.17, 15) is 13.2 Å². The van der Waals surface area contributed by atoms with E-state index < -0.39 is 10.0 Å². The van der Waals surface area contributed by atoms with Crippen LogP contribution in [0.2, 0.25) is 0 Å². The largest absolute Gasteiger partial charge is 0.282 e. The molecule has 1 fully saturated rings. The van der Waals surface area contributed by atoms with Gasteiger partial charge >= 0.3 is 0 Å². The number of piperazine rings is 1. The zero-order chi connectivity index (χ0) is 21.5. The van der Waals surface area contributed by atoms with E-state index in [1.165, 1.54) is 8.99 Å². The molecule has 0 bridgehead atoms. The number of benzene rings is 2. The molecular weight excluding hydrogens is 400 g/mol. The number of rotatable bonds is 4. The van der Waals surface area contributed by atoms with E-state index in [2.05, 4.69) is 10.00 Å². The quantitative estimate of drug-likeness (QED) is 0.640. The maximum absolute atomic E-state index is 13.1. The molecule has 30 heavy (non-hydrogen) atoms. The van der Waals surface area contributed by atoms with Crippen LogP contribution in [0, 0.1) is 20.8 Å². The van der Waals surface area contributed by atoms with Crippen LogP contribution in [0.3, 0.4) is 0 Å². The summed E-state index contributed by atoms with van der Waals surface area (Å²) in [5, 5.41) is 5.98. The summed E-state index contributed by atoms with van der Waals surface area (Å²) in [6.45, 7) is 7.89. The lowest BCUT2D eigenvalue weighted by atomic mass is 10.1. The minimum Gasteiger partial charge on any atom is -0.282 e. The molecule has 3 aromatic rings. The van der Waals surface area contributed by atoms with Crippen molar-refractivity contribution in [2.24, 2.45) is 0 Å². The predicted molar refractivity (Wildman–Crippen MR) is 117 cm³/mol. The van der Waals surface area contributed by atoms with Gasteiger partial charge in [0.25, 0.3) is 5.56 Å². The monoisotopic (exact) mass is 426 g/mol. The molecule has 0 spiro atoms. The lowest BCUT2D eigenvalue weighted by Gasteiger charge is -2.34. The van der Waals surface area contributed by atoms with Crippen LogP contribution in [0.4, 0.5) is 0 Å². The van der Waals surface area contributed by atoms with Crippen LogP contribution in [0.15, 0.2) is 52.2 Å². The molecule has 0 aliphatic carbocycles. The SMILES string of the molecule is Cc1ccc(S(=O)(=O)N2CCN(Cn3nc(C)c4ccccc4c3=O)CC2)c(C)c1. The maximum atomic E-state index is 13.1. The average molecular weight is 427 g/mol. The highest BCUT2D eigenvalue weighted by atomic mass is 32.2. The summed E-state index contributed by atoms with van der Waals surface area (Å²) in [6, 6.07) is 12.9. The second-order valence-electron chi connectivity index (χ2n) is 7.87. The zero-order valence-corrected chi connectivity index (χ0v) is 18.3. The number of sulfonamides is 1. The Hall–Kier alpha value is -2.55. The van der Waals surface area contributed by atoms with Crippen molar-refractivity contribution in [1.29, 1.82) is 0 Å². The van der Waals surface area contributed by atoms with Gasteiger partial charge in [0.15, 0.2) is 0 Å². The van der Waals surface area contributed by atoms with Crippen LogP contribution in [-0.2, 0) is 16.7 Å². The Labute approximate surface area is 176 Å². The smallest absolute Gasteiger partial charge is 0.275 e. The third-order valence-corrected chi connectivity index (χ3v) is 7.72. The minimum atomic E-state index is -3.53. The molecule has 4 rings (SSSR count). The molecule has 0 amide bonds. The van der Waals surface area contributed by atoms with Crippen molar-refractivity contribution in [1.82, 2.24) is 19.0 Å². The number of nitrogens with zero attached hydrogens (tertiary/aromatic N) is 4. The molecule has 0 radical (unpaired) electrons. The average Bonchev–Trinajstić information content (AvgIpc) is 2.72. The lowest BCUT2D eigenvalue weighted by molar-refractivity contribution is 0.143. The van der Waals surface area contributed by atoms with E-state index in [4.69, 9.17) is 0 Å². The van der Waals surface area contributed by atoms with Gasteiger partial charge in [-0.1, -0.05) is 35.9 Å². The van der Waals surface area contributed by atoms with Gasteiger partial charge in [0, 0.05) is 31.6 Å². The van der Waals surface area contributed by atoms with E-state index in [1.54, 1.807) is 6.07 Å². The Morgan fingerprint density at radius 3 is 2.27 bits per heavy atom. The number of hydrogen-bond donors (Lipinski definition) is 0. The maximum Gasteiger partial charge on any atom is 0.275 e. The summed E-state index contributed by atoms with van der Waals surface area (Å²) in [5.41, 5.74) is 2.49. The van der Waals surface area contributed by atoms with Crippen molar-refractivity contribution in [2.75, 3.05) is 26.2 Å². The highest BCUT2D eigenvalue weighted by Gasteiger charge is 2.29. The second kappa shape index (κ2) is 7.94. The van der Waals surface area contributed by atoms with Crippen LogP contribution in [0.5, 0.6) is 0 Å². The number of hydrogen-bond acceptors (Lipinski definition) is 5. The Morgan fingerprint density at radius 1 is 0.933 bits per heavy atom. The molecule has 1 saturated heterocycles. The Balaban J connectivity index is 1.50. The van der Waals surface area contributed by atoms with Gasteiger partial charge in [-0.15, -0.1) is 0 Å². The molecule has 1 aliphatic rings. The van der Waals surface area contributed by atoms with Gasteiger partial charge in [0.2, 0.25) is 10.0 Å². The normalized spacial score (nSPS) is 16.2. The van der Waals surface area contributed by atoms with Crippen LogP contribution >= 0.6 is 0 Å². The first-order chi connectivity index (χ1) is 14.3.